The number of carbonyl (C=O) groups is 1. The molecule has 2 heterocycles. The van der Waals surface area contributed by atoms with Gasteiger partial charge in [-0.2, -0.15) is 5.26 Å². The third kappa shape index (κ3) is 2.63. The van der Waals surface area contributed by atoms with Gasteiger partial charge in [-0.05, 0) is 31.0 Å². The van der Waals surface area contributed by atoms with E-state index in [1.807, 2.05) is 48.5 Å². The summed E-state index contributed by atoms with van der Waals surface area (Å²) in [5.41, 5.74) is 4.45. The number of hydrogen-bond donors (Lipinski definition) is 1. The second-order valence-corrected chi connectivity index (χ2v) is 5.26. The lowest BCUT2D eigenvalue weighted by Crippen LogP contribution is -2.47. The molecule has 6 heteroatoms. The number of fused-ring (bicyclic) bond motifs is 1. The van der Waals surface area contributed by atoms with Crippen molar-refractivity contribution in [2.75, 3.05) is 13.2 Å². The Hall–Kier alpha value is -2.52. The molecule has 22 heavy (non-hydrogen) atoms. The monoisotopic (exact) mass is 298 g/mol. The van der Waals surface area contributed by atoms with Crippen LogP contribution in [0.2, 0.25) is 0 Å². The average molecular weight is 298 g/mol. The highest BCUT2D eigenvalue weighted by molar-refractivity contribution is 5.84. The number of nitrogens with one attached hydrogen (secondary N) is 1. The van der Waals surface area contributed by atoms with Crippen molar-refractivity contribution in [2.45, 2.75) is 25.4 Å². The molecule has 0 aliphatic carbocycles. The first-order chi connectivity index (χ1) is 10.7. The fraction of sp³-hybridized carbons (Fsp3) is 0.375. The molecule has 2 aliphatic rings. The van der Waals surface area contributed by atoms with E-state index in [-0.39, 0.29) is 24.5 Å². The molecule has 2 unspecified atom stereocenters. The van der Waals surface area contributed by atoms with Gasteiger partial charge in [-0.15, -0.1) is 0 Å². The maximum Gasteiger partial charge on any atom is 0.251 e. The number of ether oxygens (including phenoxy) is 1. The summed E-state index contributed by atoms with van der Waals surface area (Å²) >= 11 is 0. The minimum Gasteiger partial charge on any atom is -0.494 e. The van der Waals surface area contributed by atoms with Crippen molar-refractivity contribution in [1.82, 2.24) is 15.3 Å². The summed E-state index contributed by atoms with van der Waals surface area (Å²) in [4.78, 5) is 13.8. The van der Waals surface area contributed by atoms with Crippen LogP contribution in [0.15, 0.2) is 36.7 Å². The van der Waals surface area contributed by atoms with Crippen LogP contribution in [0, 0.1) is 11.3 Å². The van der Waals surface area contributed by atoms with Crippen LogP contribution in [0.4, 0.5) is 0 Å². The van der Waals surface area contributed by atoms with E-state index >= 15 is 0 Å². The molecule has 1 amide bonds. The van der Waals surface area contributed by atoms with Crippen molar-refractivity contribution in [2.24, 2.45) is 0 Å². The predicted octanol–water partition coefficient (Wildman–Crippen LogP) is 1.54. The highest BCUT2D eigenvalue weighted by Crippen LogP contribution is 2.31. The van der Waals surface area contributed by atoms with E-state index in [0.717, 1.165) is 11.3 Å². The molecule has 1 saturated heterocycles. The second-order valence-electron chi connectivity index (χ2n) is 5.26. The van der Waals surface area contributed by atoms with Crippen LogP contribution in [0.1, 0.15) is 24.9 Å². The van der Waals surface area contributed by atoms with Crippen molar-refractivity contribution in [3.63, 3.8) is 0 Å². The van der Waals surface area contributed by atoms with E-state index in [1.54, 1.807) is 6.20 Å². The van der Waals surface area contributed by atoms with Gasteiger partial charge < -0.3 is 14.6 Å². The molecule has 0 bridgehead atoms. The molecule has 0 spiro atoms. The number of rotatable bonds is 4. The number of benzene rings is 1. The Balaban J connectivity index is 1.71. The number of nitriles is 1. The zero-order valence-corrected chi connectivity index (χ0v) is 12.4. The lowest BCUT2D eigenvalue weighted by atomic mass is 10.0. The summed E-state index contributed by atoms with van der Waals surface area (Å²) < 4.78 is 5.44. The molecule has 3 rings (SSSR count). The standard InChI is InChI=1S/C16H18N4O2/c1-2-22-13-5-3-12(4-6-13)14-11-15-16(21)19(8-7-17)9-10-20(15)18-14/h3-6,9-10,14-15,18H,2,8,11H2,1H3. The molecule has 1 aromatic rings. The Morgan fingerprint density at radius 3 is 2.82 bits per heavy atom. The number of nitrogens with zero attached hydrogens (tertiary/aromatic N) is 3. The SMILES string of the molecule is CCOc1ccc(C2CC3C(=O)N(CC#N)C=CN3N2)cc1. The van der Waals surface area contributed by atoms with E-state index in [2.05, 4.69) is 5.43 Å². The van der Waals surface area contributed by atoms with Crippen molar-refractivity contribution < 1.29 is 9.53 Å². The van der Waals surface area contributed by atoms with Crippen LogP contribution < -0.4 is 10.2 Å². The normalized spacial score (nSPS) is 23.4. The van der Waals surface area contributed by atoms with Gasteiger partial charge in [0.15, 0.2) is 0 Å². The molecular formula is C16H18N4O2. The topological polar surface area (TPSA) is 68.6 Å². The number of amides is 1. The zero-order chi connectivity index (χ0) is 15.5. The quantitative estimate of drug-likeness (QED) is 0.854. The largest absolute Gasteiger partial charge is 0.494 e. The maximum atomic E-state index is 12.3. The Morgan fingerprint density at radius 2 is 2.14 bits per heavy atom. The Bertz CT molecular complexity index is 620. The van der Waals surface area contributed by atoms with Crippen LogP contribution in [-0.2, 0) is 4.79 Å². The lowest BCUT2D eigenvalue weighted by molar-refractivity contribution is -0.133. The highest BCUT2D eigenvalue weighted by Gasteiger charge is 2.39. The average Bonchev–Trinajstić information content (AvgIpc) is 2.96. The molecule has 1 aromatic carbocycles. The zero-order valence-electron chi connectivity index (χ0n) is 12.4. The van der Waals surface area contributed by atoms with E-state index in [0.29, 0.717) is 13.0 Å². The number of hydrazine groups is 1. The Labute approximate surface area is 129 Å². The molecule has 0 saturated carbocycles. The third-order valence-corrected chi connectivity index (χ3v) is 3.91. The number of hydrogen-bond acceptors (Lipinski definition) is 5. The van der Waals surface area contributed by atoms with E-state index in [1.165, 1.54) is 4.90 Å². The molecule has 1 N–H and O–H groups in total. The lowest BCUT2D eigenvalue weighted by Gasteiger charge is -2.30. The molecular weight excluding hydrogens is 280 g/mol. The molecule has 1 fully saturated rings. The van der Waals surface area contributed by atoms with Crippen LogP contribution in [0.5, 0.6) is 5.75 Å². The first kappa shape index (κ1) is 14.4. The highest BCUT2D eigenvalue weighted by atomic mass is 16.5. The van der Waals surface area contributed by atoms with Crippen LogP contribution in [0.3, 0.4) is 0 Å². The first-order valence-electron chi connectivity index (χ1n) is 7.36. The fourth-order valence-electron chi connectivity index (χ4n) is 2.82. The van der Waals surface area contributed by atoms with Gasteiger partial charge in [0, 0.05) is 12.4 Å². The van der Waals surface area contributed by atoms with Gasteiger partial charge in [-0.25, -0.2) is 5.43 Å². The van der Waals surface area contributed by atoms with Gasteiger partial charge in [-0.3, -0.25) is 4.79 Å². The van der Waals surface area contributed by atoms with Crippen molar-refractivity contribution in [3.05, 3.63) is 42.2 Å². The van der Waals surface area contributed by atoms with Gasteiger partial charge >= 0.3 is 0 Å². The summed E-state index contributed by atoms with van der Waals surface area (Å²) in [6.07, 6.45) is 4.15. The third-order valence-electron chi connectivity index (χ3n) is 3.91. The molecule has 2 aliphatic heterocycles. The maximum absolute atomic E-state index is 12.3. The molecule has 6 nitrogen and oxygen atoms in total. The van der Waals surface area contributed by atoms with Crippen LogP contribution in [-0.4, -0.2) is 35.0 Å². The summed E-state index contributed by atoms with van der Waals surface area (Å²) in [5, 5.41) is 10.6. The fourth-order valence-corrected chi connectivity index (χ4v) is 2.82. The molecule has 2 atom stereocenters. The van der Waals surface area contributed by atoms with Crippen LogP contribution in [0.25, 0.3) is 0 Å². The number of carbonyl (C=O) groups excluding carboxylic acids is 1. The summed E-state index contributed by atoms with van der Waals surface area (Å²) in [7, 11) is 0. The van der Waals surface area contributed by atoms with E-state index in [9.17, 15) is 4.79 Å². The molecule has 0 radical (unpaired) electrons. The summed E-state index contributed by atoms with van der Waals surface area (Å²) in [6, 6.07) is 9.75. The Kier molecular flexibility index (Phi) is 3.98. The van der Waals surface area contributed by atoms with Gasteiger partial charge in [0.25, 0.3) is 5.91 Å². The van der Waals surface area contributed by atoms with Gasteiger partial charge in [-0.1, -0.05) is 12.1 Å². The van der Waals surface area contributed by atoms with Crippen molar-refractivity contribution in [3.8, 4) is 11.8 Å². The van der Waals surface area contributed by atoms with Crippen LogP contribution >= 0.6 is 0 Å². The van der Waals surface area contributed by atoms with E-state index < -0.39 is 0 Å². The Morgan fingerprint density at radius 1 is 1.36 bits per heavy atom. The van der Waals surface area contributed by atoms with Gasteiger partial charge in [0.05, 0.1) is 18.7 Å². The second kappa shape index (κ2) is 6.08. The van der Waals surface area contributed by atoms with E-state index in [4.69, 9.17) is 10.00 Å². The van der Waals surface area contributed by atoms with Gasteiger partial charge in [0.2, 0.25) is 0 Å². The summed E-state index contributed by atoms with van der Waals surface area (Å²) in [5.74, 6) is 0.808. The minimum absolute atomic E-state index is 0.0370. The smallest absolute Gasteiger partial charge is 0.251 e. The van der Waals surface area contributed by atoms with Crippen molar-refractivity contribution in [1.29, 1.82) is 5.26 Å². The van der Waals surface area contributed by atoms with Gasteiger partial charge in [0.1, 0.15) is 18.3 Å². The molecule has 114 valence electrons. The summed E-state index contributed by atoms with van der Waals surface area (Å²) in [6.45, 7) is 2.69. The molecule has 0 aromatic heterocycles. The first-order valence-corrected chi connectivity index (χ1v) is 7.36. The minimum atomic E-state index is -0.255. The van der Waals surface area contributed by atoms with Crippen molar-refractivity contribution >= 4 is 5.91 Å². The predicted molar refractivity (Wildman–Crippen MR) is 80.2 cm³/mol.